The van der Waals surface area contributed by atoms with Gasteiger partial charge in [-0.15, -0.1) is 0 Å². The van der Waals surface area contributed by atoms with Crippen molar-refractivity contribution in [3.8, 4) is 0 Å². The Hall–Kier alpha value is -0.445. The van der Waals surface area contributed by atoms with Crippen molar-refractivity contribution in [2.24, 2.45) is 0 Å². The average Bonchev–Trinajstić information content (AvgIpc) is 2.56. The summed E-state index contributed by atoms with van der Waals surface area (Å²) in [6.07, 6.45) is 0. The van der Waals surface area contributed by atoms with Gasteiger partial charge in [-0.25, -0.2) is 0 Å². The Labute approximate surface area is 121 Å². The molecule has 0 radical (unpaired) electrons. The van der Waals surface area contributed by atoms with Crippen LogP contribution in [0, 0.1) is 0 Å². The van der Waals surface area contributed by atoms with Crippen molar-refractivity contribution in [2.45, 2.75) is 51.6 Å². The first-order chi connectivity index (χ1) is 8.86. The zero-order chi connectivity index (χ0) is 14.1. The molecule has 0 N–H and O–H groups in total. The van der Waals surface area contributed by atoms with Crippen LogP contribution < -0.4 is 5.46 Å². The molecule has 0 bridgehead atoms. The third-order valence-electron chi connectivity index (χ3n) is 3.98. The van der Waals surface area contributed by atoms with E-state index in [1.54, 1.807) is 0 Å². The normalized spacial score (nSPS) is 20.8. The second kappa shape index (κ2) is 5.51. The smallest absolute Gasteiger partial charge is 0.399 e. The van der Waals surface area contributed by atoms with E-state index in [0.717, 1.165) is 17.0 Å². The predicted octanol–water partition coefficient (Wildman–Crippen LogP) is 3.24. The first-order valence-electron chi connectivity index (χ1n) is 6.88. The molecule has 2 rings (SSSR count). The predicted molar refractivity (Wildman–Crippen MR) is 84.0 cm³/mol. The van der Waals surface area contributed by atoms with Crippen LogP contribution in [-0.2, 0) is 15.1 Å². The Morgan fingerprint density at radius 2 is 1.53 bits per heavy atom. The monoisotopic (exact) mass is 278 g/mol. The van der Waals surface area contributed by atoms with Gasteiger partial charge in [-0.05, 0) is 44.5 Å². The molecule has 1 aromatic rings. The highest BCUT2D eigenvalue weighted by molar-refractivity contribution is 7.98. The summed E-state index contributed by atoms with van der Waals surface area (Å²) in [5.74, 6) is 2.22. The van der Waals surface area contributed by atoms with E-state index >= 15 is 0 Å². The average molecular weight is 278 g/mol. The molecular formula is C15H23BO2S. The van der Waals surface area contributed by atoms with Crippen molar-refractivity contribution in [3.05, 3.63) is 29.8 Å². The molecule has 1 heterocycles. The third kappa shape index (κ3) is 3.18. The van der Waals surface area contributed by atoms with Crippen LogP contribution in [0.4, 0.5) is 0 Å². The molecule has 1 aliphatic heterocycles. The van der Waals surface area contributed by atoms with E-state index in [0.29, 0.717) is 0 Å². The van der Waals surface area contributed by atoms with Crippen LogP contribution in [0.15, 0.2) is 24.3 Å². The van der Waals surface area contributed by atoms with Gasteiger partial charge >= 0.3 is 7.12 Å². The molecule has 0 aromatic heterocycles. The fourth-order valence-corrected chi connectivity index (χ4v) is 2.60. The van der Waals surface area contributed by atoms with Gasteiger partial charge in [0, 0.05) is 5.75 Å². The minimum atomic E-state index is -0.269. The third-order valence-corrected chi connectivity index (χ3v) is 4.92. The van der Waals surface area contributed by atoms with Crippen molar-refractivity contribution in [3.63, 3.8) is 0 Å². The molecule has 1 fully saturated rings. The molecular weight excluding hydrogens is 255 g/mol. The fraction of sp³-hybridized carbons (Fsp3) is 0.600. The Bertz CT molecular complexity index is 412. The first kappa shape index (κ1) is 15.0. The van der Waals surface area contributed by atoms with E-state index in [-0.39, 0.29) is 18.3 Å². The number of hydrogen-bond donors (Lipinski definition) is 0. The summed E-state index contributed by atoms with van der Waals surface area (Å²) in [5, 5.41) is 0. The second-order valence-corrected chi connectivity index (χ2v) is 7.24. The SMILES string of the molecule is CCSCc1ccc(B2OC(C)(C)C(C)(C)O2)cc1. The second-order valence-electron chi connectivity index (χ2n) is 5.97. The van der Waals surface area contributed by atoms with Gasteiger partial charge < -0.3 is 9.31 Å². The number of thioether (sulfide) groups is 1. The summed E-state index contributed by atoms with van der Waals surface area (Å²) in [6, 6.07) is 8.58. The molecule has 1 aromatic carbocycles. The molecule has 0 unspecified atom stereocenters. The molecule has 1 saturated heterocycles. The number of hydrogen-bond acceptors (Lipinski definition) is 3. The van der Waals surface area contributed by atoms with E-state index in [2.05, 4.69) is 58.9 Å². The Balaban J connectivity index is 2.08. The van der Waals surface area contributed by atoms with Crippen LogP contribution in [0.3, 0.4) is 0 Å². The molecule has 2 nitrogen and oxygen atoms in total. The summed E-state index contributed by atoms with van der Waals surface area (Å²) in [7, 11) is -0.252. The minimum Gasteiger partial charge on any atom is -0.399 e. The molecule has 0 spiro atoms. The molecule has 0 saturated carbocycles. The zero-order valence-electron chi connectivity index (χ0n) is 12.5. The first-order valence-corrected chi connectivity index (χ1v) is 8.03. The summed E-state index contributed by atoms with van der Waals surface area (Å²) in [4.78, 5) is 0. The minimum absolute atomic E-state index is 0.252. The number of benzene rings is 1. The van der Waals surface area contributed by atoms with Crippen molar-refractivity contribution in [1.29, 1.82) is 0 Å². The lowest BCUT2D eigenvalue weighted by atomic mass is 9.79. The standard InChI is InChI=1S/C15H23BO2S/c1-6-19-11-12-7-9-13(10-8-12)16-17-14(2,3)15(4,5)18-16/h7-10H,6,11H2,1-5H3. The largest absolute Gasteiger partial charge is 0.494 e. The molecule has 0 amide bonds. The summed E-state index contributed by atoms with van der Waals surface area (Å²) in [6.45, 7) is 10.5. The Kier molecular flexibility index (Phi) is 4.33. The Morgan fingerprint density at radius 3 is 2.00 bits per heavy atom. The molecule has 1 aliphatic rings. The van der Waals surface area contributed by atoms with Crippen LogP contribution in [0.5, 0.6) is 0 Å². The van der Waals surface area contributed by atoms with Gasteiger partial charge in [0.05, 0.1) is 11.2 Å². The van der Waals surface area contributed by atoms with Gasteiger partial charge in [0.15, 0.2) is 0 Å². The summed E-state index contributed by atoms with van der Waals surface area (Å²) < 4.78 is 12.1. The number of rotatable bonds is 4. The zero-order valence-corrected chi connectivity index (χ0v) is 13.3. The highest BCUT2D eigenvalue weighted by atomic mass is 32.2. The summed E-state index contributed by atoms with van der Waals surface area (Å²) in [5.41, 5.74) is 1.92. The van der Waals surface area contributed by atoms with Crippen molar-refractivity contribution in [1.82, 2.24) is 0 Å². The van der Waals surface area contributed by atoms with E-state index in [1.165, 1.54) is 5.56 Å². The molecule has 104 valence electrons. The molecule has 0 atom stereocenters. The van der Waals surface area contributed by atoms with Crippen molar-refractivity contribution in [2.75, 3.05) is 5.75 Å². The van der Waals surface area contributed by atoms with Gasteiger partial charge in [-0.3, -0.25) is 0 Å². The fourth-order valence-electron chi connectivity index (χ4n) is 1.97. The maximum absolute atomic E-state index is 6.04. The lowest BCUT2D eigenvalue weighted by Crippen LogP contribution is -2.41. The van der Waals surface area contributed by atoms with Gasteiger partial charge in [0.25, 0.3) is 0 Å². The molecule has 19 heavy (non-hydrogen) atoms. The molecule has 4 heteroatoms. The summed E-state index contributed by atoms with van der Waals surface area (Å²) >= 11 is 1.94. The molecule has 0 aliphatic carbocycles. The highest BCUT2D eigenvalue weighted by Crippen LogP contribution is 2.36. The maximum atomic E-state index is 6.04. The lowest BCUT2D eigenvalue weighted by molar-refractivity contribution is 0.00578. The highest BCUT2D eigenvalue weighted by Gasteiger charge is 2.51. The van der Waals surface area contributed by atoms with E-state index in [4.69, 9.17) is 9.31 Å². The topological polar surface area (TPSA) is 18.5 Å². The van der Waals surface area contributed by atoms with Crippen LogP contribution in [0.25, 0.3) is 0 Å². The van der Waals surface area contributed by atoms with Crippen LogP contribution >= 0.6 is 11.8 Å². The quantitative estimate of drug-likeness (QED) is 0.788. The lowest BCUT2D eigenvalue weighted by Gasteiger charge is -2.32. The Morgan fingerprint density at radius 1 is 1.00 bits per heavy atom. The van der Waals surface area contributed by atoms with Gasteiger partial charge in [-0.1, -0.05) is 31.2 Å². The van der Waals surface area contributed by atoms with Crippen LogP contribution in [-0.4, -0.2) is 24.1 Å². The van der Waals surface area contributed by atoms with Crippen molar-refractivity contribution >= 4 is 24.3 Å². The van der Waals surface area contributed by atoms with Gasteiger partial charge in [0.2, 0.25) is 0 Å². The maximum Gasteiger partial charge on any atom is 0.494 e. The van der Waals surface area contributed by atoms with Crippen LogP contribution in [0.2, 0.25) is 0 Å². The van der Waals surface area contributed by atoms with Gasteiger partial charge in [0.1, 0.15) is 0 Å². The van der Waals surface area contributed by atoms with Crippen LogP contribution in [0.1, 0.15) is 40.2 Å². The van der Waals surface area contributed by atoms with E-state index in [1.807, 2.05) is 11.8 Å². The van der Waals surface area contributed by atoms with E-state index < -0.39 is 0 Å². The van der Waals surface area contributed by atoms with E-state index in [9.17, 15) is 0 Å². The van der Waals surface area contributed by atoms with Gasteiger partial charge in [-0.2, -0.15) is 11.8 Å². The van der Waals surface area contributed by atoms with Crippen molar-refractivity contribution < 1.29 is 9.31 Å².